The van der Waals surface area contributed by atoms with Crippen LogP contribution >= 0.6 is 15.6 Å². The van der Waals surface area contributed by atoms with Gasteiger partial charge in [0.05, 0.1) is 26.4 Å². The van der Waals surface area contributed by atoms with E-state index in [0.29, 0.717) is 31.6 Å². The lowest BCUT2D eigenvalue weighted by atomic mass is 9.99. The molecule has 0 spiro atoms. The maximum Gasteiger partial charge on any atom is 0.472 e. The van der Waals surface area contributed by atoms with Gasteiger partial charge in [0.15, 0.2) is 12.2 Å². The zero-order chi connectivity index (χ0) is 70.3. The Morgan fingerprint density at radius 2 is 0.505 bits per heavy atom. The van der Waals surface area contributed by atoms with Crippen molar-refractivity contribution in [2.24, 2.45) is 23.7 Å². The van der Waals surface area contributed by atoms with Crippen molar-refractivity contribution >= 4 is 39.5 Å². The second kappa shape index (κ2) is 65.4. The number of hydrogen-bond acceptors (Lipinski definition) is 15. The zero-order valence-corrected chi connectivity index (χ0v) is 64.1. The van der Waals surface area contributed by atoms with Crippen molar-refractivity contribution < 1.29 is 80.2 Å². The van der Waals surface area contributed by atoms with Gasteiger partial charge in [0.25, 0.3) is 0 Å². The Balaban J connectivity index is 5.23. The molecule has 17 nitrogen and oxygen atoms in total. The maximum atomic E-state index is 13.1. The third kappa shape index (κ3) is 69.0. The first-order valence-corrected chi connectivity index (χ1v) is 42.2. The highest BCUT2D eigenvalue weighted by Gasteiger charge is 2.30. The standard InChI is InChI=1S/C76H148O17P2/c1-9-69(8)55-47-39-31-22-18-14-10-11-15-19-23-33-42-50-58-76(81)93-72(63-87-74(79)57-49-41-35-27-30-38-46-54-68(6)7)65-91-95(84,85)89-61-70(77)60-88-94(82,83)90-64-71(62-86-73(78)56-48-40-32-26-25-29-37-45-53-67(4)5)92-75(80)59-51-43-34-24-20-16-12-13-17-21-28-36-44-52-66(2)3/h66-72,77H,9-65H2,1-8H3,(H,82,83)(H,84,85)/t69?,70?,71-,72-/m1/s1. The van der Waals surface area contributed by atoms with Gasteiger partial charge in [0.1, 0.15) is 19.3 Å². The average molecular weight is 1400 g/mol. The Hall–Kier alpha value is -1.94. The summed E-state index contributed by atoms with van der Waals surface area (Å²) in [5.74, 6) is 0.942. The Bertz CT molecular complexity index is 1870. The molecule has 0 saturated heterocycles. The van der Waals surface area contributed by atoms with Crippen LogP contribution in [0, 0.1) is 23.7 Å². The molecule has 0 heterocycles. The first-order chi connectivity index (χ1) is 45.6. The Kier molecular flexibility index (Phi) is 64.0. The quantitative estimate of drug-likeness (QED) is 0.0222. The molecule has 0 aliphatic rings. The van der Waals surface area contributed by atoms with Crippen LogP contribution in [0.4, 0.5) is 0 Å². The van der Waals surface area contributed by atoms with E-state index >= 15 is 0 Å². The largest absolute Gasteiger partial charge is 0.472 e. The second-order valence-electron chi connectivity index (χ2n) is 29.1. The van der Waals surface area contributed by atoms with Gasteiger partial charge in [0.2, 0.25) is 0 Å². The van der Waals surface area contributed by atoms with Crippen LogP contribution in [0.3, 0.4) is 0 Å². The molecule has 0 rings (SSSR count). The van der Waals surface area contributed by atoms with Gasteiger partial charge >= 0.3 is 39.5 Å². The molecule has 3 N–H and O–H groups in total. The molecule has 0 saturated carbocycles. The smallest absolute Gasteiger partial charge is 0.462 e. The first kappa shape index (κ1) is 93.1. The number of hydrogen-bond donors (Lipinski definition) is 3. The summed E-state index contributed by atoms with van der Waals surface area (Å²) in [6.07, 6.45) is 50.0. The minimum atomic E-state index is -4.96. The Morgan fingerprint density at radius 3 is 0.747 bits per heavy atom. The fraction of sp³-hybridized carbons (Fsp3) is 0.947. The van der Waals surface area contributed by atoms with E-state index in [4.69, 9.17) is 37.0 Å². The van der Waals surface area contributed by atoms with Crippen LogP contribution in [0.15, 0.2) is 0 Å². The lowest BCUT2D eigenvalue weighted by molar-refractivity contribution is -0.161. The molecule has 0 radical (unpaired) electrons. The monoisotopic (exact) mass is 1400 g/mol. The van der Waals surface area contributed by atoms with Crippen LogP contribution < -0.4 is 0 Å². The summed E-state index contributed by atoms with van der Waals surface area (Å²) in [6, 6.07) is 0. The summed E-state index contributed by atoms with van der Waals surface area (Å²) >= 11 is 0. The number of ether oxygens (including phenoxy) is 4. The number of phosphoric acid groups is 2. The number of unbranched alkanes of at least 4 members (excludes halogenated alkanes) is 38. The van der Waals surface area contributed by atoms with Crippen LogP contribution in [0.1, 0.15) is 383 Å². The van der Waals surface area contributed by atoms with Crippen molar-refractivity contribution in [1.29, 1.82) is 0 Å². The molecule has 6 atom stereocenters. The van der Waals surface area contributed by atoms with Gasteiger partial charge < -0.3 is 33.8 Å². The number of carbonyl (C=O) groups is 4. The van der Waals surface area contributed by atoms with E-state index in [1.54, 1.807) is 0 Å². The van der Waals surface area contributed by atoms with Crippen LogP contribution in [0.2, 0.25) is 0 Å². The van der Waals surface area contributed by atoms with Gasteiger partial charge in [-0.1, -0.05) is 331 Å². The SMILES string of the molecule is CCC(C)CCCCCCCCCCCCCCCCC(=O)O[C@H](COC(=O)CCCCCCCCCC(C)C)COP(=O)(O)OCC(O)COP(=O)(O)OC[C@@H](COC(=O)CCCCCCCCCCC(C)C)OC(=O)CCCCCCCCCCCCCCCC(C)C. The summed E-state index contributed by atoms with van der Waals surface area (Å²) in [4.78, 5) is 72.8. The maximum absolute atomic E-state index is 13.1. The fourth-order valence-corrected chi connectivity index (χ4v) is 13.1. The highest BCUT2D eigenvalue weighted by atomic mass is 31.2. The molecule has 564 valence electrons. The molecule has 0 aromatic rings. The predicted octanol–water partition coefficient (Wildman–Crippen LogP) is 22.0. The van der Waals surface area contributed by atoms with E-state index in [1.807, 2.05) is 0 Å². The normalized spacial score (nSPS) is 14.4. The number of aliphatic hydroxyl groups is 1. The molecule has 0 aliphatic heterocycles. The molecule has 0 aliphatic carbocycles. The van der Waals surface area contributed by atoms with Crippen molar-refractivity contribution in [3.05, 3.63) is 0 Å². The molecule has 0 bridgehead atoms. The van der Waals surface area contributed by atoms with Gasteiger partial charge in [-0.2, -0.15) is 0 Å². The summed E-state index contributed by atoms with van der Waals surface area (Å²) in [5.41, 5.74) is 0. The number of rotatable bonds is 73. The van der Waals surface area contributed by atoms with E-state index in [2.05, 4.69) is 55.4 Å². The lowest BCUT2D eigenvalue weighted by Crippen LogP contribution is -2.30. The molecular formula is C76H148O17P2. The first-order valence-electron chi connectivity index (χ1n) is 39.2. The van der Waals surface area contributed by atoms with Crippen LogP contribution in [0.5, 0.6) is 0 Å². The summed E-state index contributed by atoms with van der Waals surface area (Å²) in [6.45, 7) is 14.2. The molecule has 19 heteroatoms. The molecule has 0 fully saturated rings. The van der Waals surface area contributed by atoms with Gasteiger partial charge in [-0.3, -0.25) is 37.3 Å². The number of aliphatic hydroxyl groups excluding tert-OH is 1. The number of phosphoric ester groups is 2. The van der Waals surface area contributed by atoms with E-state index in [9.17, 15) is 43.2 Å². The molecule has 95 heavy (non-hydrogen) atoms. The van der Waals surface area contributed by atoms with E-state index in [-0.39, 0.29) is 25.7 Å². The molecular weight excluding hydrogens is 1250 g/mol. The van der Waals surface area contributed by atoms with Crippen LogP contribution in [-0.4, -0.2) is 96.7 Å². The predicted molar refractivity (Wildman–Crippen MR) is 386 cm³/mol. The second-order valence-corrected chi connectivity index (χ2v) is 32.0. The van der Waals surface area contributed by atoms with E-state index < -0.39 is 97.5 Å². The minimum Gasteiger partial charge on any atom is -0.462 e. The van der Waals surface area contributed by atoms with Crippen molar-refractivity contribution in [1.82, 2.24) is 0 Å². The van der Waals surface area contributed by atoms with Crippen molar-refractivity contribution in [2.75, 3.05) is 39.6 Å². The summed E-state index contributed by atoms with van der Waals surface area (Å²) < 4.78 is 68.5. The van der Waals surface area contributed by atoms with Gasteiger partial charge in [-0.25, -0.2) is 9.13 Å². The Morgan fingerprint density at radius 1 is 0.295 bits per heavy atom. The van der Waals surface area contributed by atoms with Gasteiger partial charge in [0, 0.05) is 25.7 Å². The molecule has 4 unspecified atom stereocenters. The van der Waals surface area contributed by atoms with E-state index in [1.165, 1.54) is 180 Å². The topological polar surface area (TPSA) is 237 Å². The molecule has 0 aromatic heterocycles. The van der Waals surface area contributed by atoms with Crippen LogP contribution in [-0.2, 0) is 65.4 Å². The number of carbonyl (C=O) groups excluding carboxylic acids is 4. The Labute approximate surface area is 581 Å². The zero-order valence-electron chi connectivity index (χ0n) is 62.3. The van der Waals surface area contributed by atoms with Gasteiger partial charge in [-0.05, 0) is 49.4 Å². The molecule has 0 aromatic carbocycles. The highest BCUT2D eigenvalue weighted by Crippen LogP contribution is 2.45. The van der Waals surface area contributed by atoms with E-state index in [0.717, 1.165) is 114 Å². The van der Waals surface area contributed by atoms with Gasteiger partial charge in [-0.15, -0.1) is 0 Å². The fourth-order valence-electron chi connectivity index (χ4n) is 11.5. The summed E-state index contributed by atoms with van der Waals surface area (Å²) in [5, 5.41) is 10.6. The van der Waals surface area contributed by atoms with Crippen molar-refractivity contribution in [2.45, 2.75) is 401 Å². The summed E-state index contributed by atoms with van der Waals surface area (Å²) in [7, 11) is -9.91. The van der Waals surface area contributed by atoms with Crippen molar-refractivity contribution in [3.63, 3.8) is 0 Å². The van der Waals surface area contributed by atoms with Crippen molar-refractivity contribution in [3.8, 4) is 0 Å². The molecule has 0 amide bonds. The number of esters is 4. The average Bonchev–Trinajstić information content (AvgIpc) is 1.47. The van der Waals surface area contributed by atoms with Crippen LogP contribution in [0.25, 0.3) is 0 Å². The highest BCUT2D eigenvalue weighted by molar-refractivity contribution is 7.47. The minimum absolute atomic E-state index is 0.106. The third-order valence-electron chi connectivity index (χ3n) is 17.9. The lowest BCUT2D eigenvalue weighted by Gasteiger charge is -2.21. The third-order valence-corrected chi connectivity index (χ3v) is 19.8.